The first-order valence-corrected chi connectivity index (χ1v) is 10.0. The number of benzene rings is 1. The highest BCUT2D eigenvalue weighted by Crippen LogP contribution is 2.30. The molecule has 27 heavy (non-hydrogen) atoms. The summed E-state index contributed by atoms with van der Waals surface area (Å²) >= 11 is 0. The van der Waals surface area contributed by atoms with Crippen LogP contribution in [0.1, 0.15) is 16.8 Å². The van der Waals surface area contributed by atoms with Gasteiger partial charge in [-0.25, -0.2) is 18.4 Å². The molecule has 144 valence electrons. The van der Waals surface area contributed by atoms with E-state index >= 15 is 0 Å². The second-order valence-electron chi connectivity index (χ2n) is 6.06. The number of sulfone groups is 1. The van der Waals surface area contributed by atoms with Crippen molar-refractivity contribution in [2.75, 3.05) is 31.0 Å². The van der Waals surface area contributed by atoms with E-state index < -0.39 is 15.7 Å². The van der Waals surface area contributed by atoms with E-state index in [9.17, 15) is 13.2 Å². The Morgan fingerprint density at radius 2 is 1.85 bits per heavy atom. The quantitative estimate of drug-likeness (QED) is 0.751. The Hall–Kier alpha value is -2.88. The molecular weight excluding hydrogens is 372 g/mol. The van der Waals surface area contributed by atoms with E-state index in [1.54, 1.807) is 32.4 Å². The molecule has 1 aliphatic heterocycles. The summed E-state index contributed by atoms with van der Waals surface area (Å²) in [5.74, 6) is 1.15. The summed E-state index contributed by atoms with van der Waals surface area (Å²) in [4.78, 5) is 20.4. The number of aromatic nitrogens is 2. The Morgan fingerprint density at radius 1 is 1.15 bits per heavy atom. The summed E-state index contributed by atoms with van der Waals surface area (Å²) in [6.07, 6.45) is 3.19. The van der Waals surface area contributed by atoms with Gasteiger partial charge in [-0.2, -0.15) is 0 Å². The number of amides is 1. The minimum absolute atomic E-state index is 0.0292. The largest absolute Gasteiger partial charge is 0.493 e. The normalized spacial score (nSPS) is 17.9. The summed E-state index contributed by atoms with van der Waals surface area (Å²) in [6.45, 7) is 0. The second kappa shape index (κ2) is 7.78. The second-order valence-corrected chi connectivity index (χ2v) is 8.29. The van der Waals surface area contributed by atoms with Crippen LogP contribution in [0, 0.1) is 0 Å². The maximum absolute atomic E-state index is 12.2. The summed E-state index contributed by atoms with van der Waals surface area (Å²) in [5, 5.41) is 5.71. The van der Waals surface area contributed by atoms with Crippen LogP contribution in [-0.4, -0.2) is 56.1 Å². The maximum Gasteiger partial charge on any atom is 0.254 e. The van der Waals surface area contributed by atoms with E-state index in [0.29, 0.717) is 29.6 Å². The van der Waals surface area contributed by atoms with Crippen LogP contribution < -0.4 is 20.1 Å². The molecule has 0 spiro atoms. The predicted octanol–water partition coefficient (Wildman–Crippen LogP) is 1.15. The molecule has 1 aliphatic rings. The van der Waals surface area contributed by atoms with Crippen molar-refractivity contribution in [3.63, 3.8) is 0 Å². The lowest BCUT2D eigenvalue weighted by molar-refractivity contribution is 0.0940. The summed E-state index contributed by atoms with van der Waals surface area (Å²) < 4.78 is 33.4. The van der Waals surface area contributed by atoms with Gasteiger partial charge in [0.1, 0.15) is 0 Å². The van der Waals surface area contributed by atoms with Crippen LogP contribution >= 0.6 is 0 Å². The Labute approximate surface area is 157 Å². The Morgan fingerprint density at radius 3 is 2.44 bits per heavy atom. The number of rotatable bonds is 6. The number of carbonyl (C=O) groups is 1. The number of methoxy groups -OCH3 is 2. The minimum Gasteiger partial charge on any atom is -0.493 e. The van der Waals surface area contributed by atoms with Crippen LogP contribution in [0.5, 0.6) is 11.5 Å². The van der Waals surface area contributed by atoms with Crippen molar-refractivity contribution in [2.24, 2.45) is 0 Å². The molecule has 2 aromatic rings. The number of nitrogens with zero attached hydrogens (tertiary/aromatic N) is 2. The average Bonchev–Trinajstić information content (AvgIpc) is 3.00. The van der Waals surface area contributed by atoms with Crippen molar-refractivity contribution in [1.29, 1.82) is 0 Å². The summed E-state index contributed by atoms with van der Waals surface area (Å²) in [5.41, 5.74) is 0.957. The maximum atomic E-state index is 12.2. The number of hydrogen-bond donors (Lipinski definition) is 2. The summed E-state index contributed by atoms with van der Waals surface area (Å²) in [7, 11) is 0.0466. The van der Waals surface area contributed by atoms with Crippen LogP contribution in [0.2, 0.25) is 0 Å². The van der Waals surface area contributed by atoms with Crippen molar-refractivity contribution >= 4 is 27.4 Å². The Bertz CT molecular complexity index is 931. The van der Waals surface area contributed by atoms with Crippen molar-refractivity contribution in [3.05, 3.63) is 36.2 Å². The van der Waals surface area contributed by atoms with E-state index in [-0.39, 0.29) is 23.1 Å². The minimum atomic E-state index is -3.05. The lowest BCUT2D eigenvalue weighted by Crippen LogP contribution is -2.35. The highest BCUT2D eigenvalue weighted by atomic mass is 32.2. The Kier molecular flexibility index (Phi) is 5.45. The van der Waals surface area contributed by atoms with E-state index in [2.05, 4.69) is 20.6 Å². The number of nitrogens with one attached hydrogen (secondary N) is 2. The molecule has 0 aliphatic carbocycles. The molecule has 10 heteroatoms. The highest BCUT2D eigenvalue weighted by molar-refractivity contribution is 7.91. The third kappa shape index (κ3) is 4.64. The fourth-order valence-electron chi connectivity index (χ4n) is 2.73. The molecular formula is C17H20N4O5S. The highest BCUT2D eigenvalue weighted by Gasteiger charge is 2.29. The molecule has 0 bridgehead atoms. The molecule has 1 aromatic heterocycles. The van der Waals surface area contributed by atoms with Gasteiger partial charge in [0.15, 0.2) is 21.3 Å². The van der Waals surface area contributed by atoms with E-state index in [0.717, 1.165) is 0 Å². The van der Waals surface area contributed by atoms with Gasteiger partial charge >= 0.3 is 0 Å². The zero-order chi connectivity index (χ0) is 19.4. The zero-order valence-corrected chi connectivity index (χ0v) is 15.7. The van der Waals surface area contributed by atoms with Crippen molar-refractivity contribution in [2.45, 2.75) is 12.5 Å². The first-order valence-electron chi connectivity index (χ1n) is 8.22. The average molecular weight is 392 g/mol. The first-order chi connectivity index (χ1) is 12.9. The molecule has 1 saturated heterocycles. The van der Waals surface area contributed by atoms with Crippen molar-refractivity contribution < 1.29 is 22.7 Å². The molecule has 9 nitrogen and oxygen atoms in total. The van der Waals surface area contributed by atoms with Gasteiger partial charge in [-0.3, -0.25) is 4.79 Å². The van der Waals surface area contributed by atoms with Gasteiger partial charge in [0.05, 0.1) is 31.3 Å². The molecule has 0 radical (unpaired) electrons. The lowest BCUT2D eigenvalue weighted by Gasteiger charge is -2.12. The van der Waals surface area contributed by atoms with Crippen molar-refractivity contribution in [3.8, 4) is 11.5 Å². The van der Waals surface area contributed by atoms with Crippen LogP contribution in [0.4, 0.5) is 11.6 Å². The molecule has 0 saturated carbocycles. The smallest absolute Gasteiger partial charge is 0.254 e. The van der Waals surface area contributed by atoms with Crippen LogP contribution in [0.25, 0.3) is 0 Å². The monoisotopic (exact) mass is 392 g/mol. The number of ether oxygens (including phenoxy) is 2. The summed E-state index contributed by atoms with van der Waals surface area (Å²) in [6, 6.07) is 4.90. The van der Waals surface area contributed by atoms with E-state index in [1.807, 2.05) is 0 Å². The molecule has 1 amide bonds. The number of carbonyl (C=O) groups excluding carboxylic acids is 1. The fraction of sp³-hybridized carbons (Fsp3) is 0.353. The Balaban J connectivity index is 1.64. The predicted molar refractivity (Wildman–Crippen MR) is 99.4 cm³/mol. The molecule has 1 fully saturated rings. The molecule has 2 N–H and O–H groups in total. The van der Waals surface area contributed by atoms with Crippen LogP contribution in [0.3, 0.4) is 0 Å². The molecule has 1 unspecified atom stereocenters. The molecule has 2 heterocycles. The van der Waals surface area contributed by atoms with Gasteiger partial charge in [-0.1, -0.05) is 0 Å². The topological polar surface area (TPSA) is 120 Å². The SMILES string of the molecule is COc1ccc(Nc2ncc(C(=O)NC3CCS(=O)(=O)C3)cn2)cc1OC. The molecule has 1 atom stereocenters. The van der Waals surface area contributed by atoms with Gasteiger partial charge in [0.25, 0.3) is 5.91 Å². The van der Waals surface area contributed by atoms with Crippen LogP contribution in [-0.2, 0) is 9.84 Å². The van der Waals surface area contributed by atoms with Gasteiger partial charge in [-0.15, -0.1) is 0 Å². The third-order valence-electron chi connectivity index (χ3n) is 4.12. The van der Waals surface area contributed by atoms with E-state index in [1.165, 1.54) is 12.4 Å². The number of hydrogen-bond acceptors (Lipinski definition) is 8. The van der Waals surface area contributed by atoms with Gasteiger partial charge in [0.2, 0.25) is 5.95 Å². The number of anilines is 2. The molecule has 3 rings (SSSR count). The van der Waals surface area contributed by atoms with Gasteiger partial charge in [-0.05, 0) is 18.6 Å². The fourth-order valence-corrected chi connectivity index (χ4v) is 4.40. The van der Waals surface area contributed by atoms with Crippen molar-refractivity contribution in [1.82, 2.24) is 15.3 Å². The molecule has 1 aromatic carbocycles. The van der Waals surface area contributed by atoms with E-state index in [4.69, 9.17) is 9.47 Å². The van der Waals surface area contributed by atoms with Gasteiger partial charge in [0, 0.05) is 30.2 Å². The zero-order valence-electron chi connectivity index (χ0n) is 14.9. The van der Waals surface area contributed by atoms with Crippen LogP contribution in [0.15, 0.2) is 30.6 Å². The standard InChI is InChI=1S/C17H20N4O5S/c1-25-14-4-3-12(7-15(14)26-2)21-17-18-8-11(9-19-17)16(22)20-13-5-6-27(23,24)10-13/h3-4,7-9,13H,5-6,10H2,1-2H3,(H,20,22)(H,18,19,21). The van der Waals surface area contributed by atoms with Gasteiger partial charge < -0.3 is 20.1 Å². The first kappa shape index (κ1) is 18.9. The lowest BCUT2D eigenvalue weighted by atomic mass is 10.2. The third-order valence-corrected chi connectivity index (χ3v) is 5.89.